The van der Waals surface area contributed by atoms with Gasteiger partial charge in [0.15, 0.2) is 0 Å². The summed E-state index contributed by atoms with van der Waals surface area (Å²) in [7, 11) is 0. The molecule has 0 N–H and O–H groups in total. The standard InChI is InChI=1S/C16H16N2O3S2/c1-3-10-4-5-12-11(7-15(19)20-13(12)6-10)8-23-16-18-17-14(21-16)9-22-2/h4-7H,3,8-9H2,1-2H3. The zero-order chi connectivity index (χ0) is 16.2. The van der Waals surface area contributed by atoms with Crippen molar-refractivity contribution in [2.45, 2.75) is 30.1 Å². The van der Waals surface area contributed by atoms with Gasteiger partial charge in [0.25, 0.3) is 5.22 Å². The molecule has 3 rings (SSSR count). The highest BCUT2D eigenvalue weighted by molar-refractivity contribution is 7.98. The fourth-order valence-corrected chi connectivity index (χ4v) is 3.37. The van der Waals surface area contributed by atoms with E-state index in [-0.39, 0.29) is 5.63 Å². The molecule has 0 amide bonds. The SMILES string of the molecule is CCc1ccc2c(CSc3nnc(CSC)o3)cc(=O)oc2c1. The van der Waals surface area contributed by atoms with Gasteiger partial charge in [0.05, 0.1) is 5.75 Å². The summed E-state index contributed by atoms with van der Waals surface area (Å²) in [6.45, 7) is 2.07. The molecule has 2 aromatic heterocycles. The summed E-state index contributed by atoms with van der Waals surface area (Å²) in [4.78, 5) is 11.8. The van der Waals surface area contributed by atoms with E-state index in [0.717, 1.165) is 22.9 Å². The zero-order valence-corrected chi connectivity index (χ0v) is 14.5. The second-order valence-electron chi connectivity index (χ2n) is 4.96. The Morgan fingerprint density at radius 2 is 2.00 bits per heavy atom. The quantitative estimate of drug-likeness (QED) is 0.494. The largest absolute Gasteiger partial charge is 0.423 e. The van der Waals surface area contributed by atoms with Crippen LogP contribution in [0.15, 0.2) is 43.1 Å². The molecule has 5 nitrogen and oxygen atoms in total. The topological polar surface area (TPSA) is 69.1 Å². The fraction of sp³-hybridized carbons (Fsp3) is 0.312. The summed E-state index contributed by atoms with van der Waals surface area (Å²) in [6, 6.07) is 7.51. The third kappa shape index (κ3) is 3.79. The van der Waals surface area contributed by atoms with E-state index < -0.39 is 0 Å². The minimum Gasteiger partial charge on any atom is -0.423 e. The van der Waals surface area contributed by atoms with Gasteiger partial charge >= 0.3 is 5.63 Å². The van der Waals surface area contributed by atoms with Gasteiger partial charge in [0.1, 0.15) is 5.58 Å². The minimum atomic E-state index is -0.338. The number of aryl methyl sites for hydroxylation is 1. The van der Waals surface area contributed by atoms with Gasteiger partial charge in [-0.05, 0) is 29.9 Å². The summed E-state index contributed by atoms with van der Waals surface area (Å²) in [5.41, 5.74) is 2.34. The van der Waals surface area contributed by atoms with Crippen LogP contribution in [0.2, 0.25) is 0 Å². The second kappa shape index (κ2) is 7.23. The van der Waals surface area contributed by atoms with Crippen molar-refractivity contribution in [3.8, 4) is 0 Å². The lowest BCUT2D eigenvalue weighted by molar-refractivity contribution is 0.426. The molecule has 0 unspecified atom stereocenters. The number of benzene rings is 1. The molecular formula is C16H16N2O3S2. The second-order valence-corrected chi connectivity index (χ2v) is 6.75. The van der Waals surface area contributed by atoms with Crippen LogP contribution < -0.4 is 5.63 Å². The van der Waals surface area contributed by atoms with E-state index in [1.165, 1.54) is 17.8 Å². The van der Waals surface area contributed by atoms with Gasteiger partial charge in [-0.2, -0.15) is 11.8 Å². The van der Waals surface area contributed by atoms with Crippen LogP contribution in [0.25, 0.3) is 11.0 Å². The number of hydrogen-bond donors (Lipinski definition) is 0. The van der Waals surface area contributed by atoms with Crippen LogP contribution in [0, 0.1) is 0 Å². The molecule has 23 heavy (non-hydrogen) atoms. The molecule has 0 spiro atoms. The van der Waals surface area contributed by atoms with Crippen LogP contribution in [-0.4, -0.2) is 16.5 Å². The average molecular weight is 348 g/mol. The van der Waals surface area contributed by atoms with E-state index in [1.807, 2.05) is 18.4 Å². The molecule has 1 aromatic carbocycles. The highest BCUT2D eigenvalue weighted by atomic mass is 32.2. The van der Waals surface area contributed by atoms with Gasteiger partial charge in [0.2, 0.25) is 5.89 Å². The van der Waals surface area contributed by atoms with E-state index in [0.29, 0.717) is 28.2 Å². The molecule has 0 radical (unpaired) electrons. The monoisotopic (exact) mass is 348 g/mol. The van der Waals surface area contributed by atoms with Gasteiger partial charge in [-0.25, -0.2) is 4.79 Å². The number of thioether (sulfide) groups is 2. The van der Waals surface area contributed by atoms with E-state index in [9.17, 15) is 4.79 Å². The Hall–Kier alpha value is -1.73. The Kier molecular flexibility index (Phi) is 5.07. The Morgan fingerprint density at radius 3 is 2.78 bits per heavy atom. The average Bonchev–Trinajstić information content (AvgIpc) is 2.99. The molecule has 0 saturated carbocycles. The first-order chi connectivity index (χ1) is 11.2. The first-order valence-corrected chi connectivity index (χ1v) is 9.57. The van der Waals surface area contributed by atoms with Gasteiger partial charge in [-0.15, -0.1) is 10.2 Å². The molecule has 7 heteroatoms. The first-order valence-electron chi connectivity index (χ1n) is 7.19. The predicted octanol–water partition coefficient (Wildman–Crippen LogP) is 3.89. The van der Waals surface area contributed by atoms with Crippen LogP contribution in [0.5, 0.6) is 0 Å². The van der Waals surface area contributed by atoms with Crippen LogP contribution in [0.4, 0.5) is 0 Å². The predicted molar refractivity (Wildman–Crippen MR) is 92.9 cm³/mol. The Bertz CT molecular complexity index is 873. The number of aromatic nitrogens is 2. The molecule has 0 aliphatic carbocycles. The van der Waals surface area contributed by atoms with Crippen molar-refractivity contribution >= 4 is 34.5 Å². The highest BCUT2D eigenvalue weighted by Crippen LogP contribution is 2.26. The molecule has 0 atom stereocenters. The van der Waals surface area contributed by atoms with Crippen LogP contribution in [0.3, 0.4) is 0 Å². The van der Waals surface area contributed by atoms with Crippen molar-refractivity contribution in [2.24, 2.45) is 0 Å². The molecule has 3 aromatic rings. The number of fused-ring (bicyclic) bond motifs is 1. The lowest BCUT2D eigenvalue weighted by Crippen LogP contribution is -2.00. The maximum atomic E-state index is 11.8. The van der Waals surface area contributed by atoms with E-state index in [4.69, 9.17) is 8.83 Å². The first kappa shape index (κ1) is 16.1. The van der Waals surface area contributed by atoms with Crippen molar-refractivity contribution in [3.05, 3.63) is 51.7 Å². The van der Waals surface area contributed by atoms with Crippen LogP contribution in [0.1, 0.15) is 23.9 Å². The maximum Gasteiger partial charge on any atom is 0.336 e. The van der Waals surface area contributed by atoms with E-state index in [1.54, 1.807) is 11.8 Å². The highest BCUT2D eigenvalue weighted by Gasteiger charge is 2.10. The number of nitrogens with zero attached hydrogens (tertiary/aromatic N) is 2. The lowest BCUT2D eigenvalue weighted by atomic mass is 10.1. The van der Waals surface area contributed by atoms with Gasteiger partial charge in [-0.1, -0.05) is 30.8 Å². The van der Waals surface area contributed by atoms with Crippen molar-refractivity contribution in [1.29, 1.82) is 0 Å². The molecule has 0 aliphatic heterocycles. The summed E-state index contributed by atoms with van der Waals surface area (Å²) in [5, 5.41) is 9.45. The van der Waals surface area contributed by atoms with Crippen molar-refractivity contribution in [3.63, 3.8) is 0 Å². The summed E-state index contributed by atoms with van der Waals surface area (Å²) in [5.74, 6) is 1.89. The molecule has 0 saturated heterocycles. The summed E-state index contributed by atoms with van der Waals surface area (Å²) >= 11 is 3.05. The fourth-order valence-electron chi connectivity index (χ4n) is 2.23. The zero-order valence-electron chi connectivity index (χ0n) is 12.9. The van der Waals surface area contributed by atoms with Gasteiger partial charge in [-0.3, -0.25) is 0 Å². The molecule has 0 bridgehead atoms. The lowest BCUT2D eigenvalue weighted by Gasteiger charge is -2.05. The Balaban J connectivity index is 1.85. The summed E-state index contributed by atoms with van der Waals surface area (Å²) < 4.78 is 10.9. The van der Waals surface area contributed by atoms with Gasteiger partial charge in [0, 0.05) is 17.2 Å². The minimum absolute atomic E-state index is 0.338. The summed E-state index contributed by atoms with van der Waals surface area (Å²) in [6.07, 6.45) is 2.88. The van der Waals surface area contributed by atoms with Crippen LogP contribution in [-0.2, 0) is 17.9 Å². The maximum absolute atomic E-state index is 11.8. The number of hydrogen-bond acceptors (Lipinski definition) is 7. The molecular weight excluding hydrogens is 332 g/mol. The Labute approximate surface area is 141 Å². The van der Waals surface area contributed by atoms with Crippen molar-refractivity contribution in [2.75, 3.05) is 6.26 Å². The van der Waals surface area contributed by atoms with Crippen LogP contribution >= 0.6 is 23.5 Å². The molecule has 0 aliphatic rings. The van der Waals surface area contributed by atoms with E-state index >= 15 is 0 Å². The normalized spacial score (nSPS) is 11.2. The Morgan fingerprint density at radius 1 is 1.13 bits per heavy atom. The third-order valence-electron chi connectivity index (χ3n) is 3.37. The van der Waals surface area contributed by atoms with Gasteiger partial charge < -0.3 is 8.83 Å². The number of rotatable bonds is 6. The molecule has 0 fully saturated rings. The smallest absolute Gasteiger partial charge is 0.336 e. The third-order valence-corrected chi connectivity index (χ3v) is 4.77. The van der Waals surface area contributed by atoms with Crippen molar-refractivity contribution < 1.29 is 8.83 Å². The van der Waals surface area contributed by atoms with E-state index in [2.05, 4.69) is 23.2 Å². The van der Waals surface area contributed by atoms with Crippen molar-refractivity contribution in [1.82, 2.24) is 10.2 Å². The molecule has 120 valence electrons. The molecule has 2 heterocycles.